The minimum atomic E-state index is -3.90. The predicted molar refractivity (Wildman–Crippen MR) is 101 cm³/mol. The summed E-state index contributed by atoms with van der Waals surface area (Å²) in [7, 11) is -2.29. The third-order valence-electron chi connectivity index (χ3n) is 3.81. The third kappa shape index (κ3) is 4.03. The Kier molecular flexibility index (Phi) is 5.45. The van der Waals surface area contributed by atoms with E-state index >= 15 is 0 Å². The molecule has 2 N–H and O–H groups in total. The molecule has 0 bridgehead atoms. The minimum Gasteiger partial charge on any atom is -0.465 e. The number of fused-ring (bicyclic) bond motifs is 1. The van der Waals surface area contributed by atoms with Crippen LogP contribution in [0.1, 0.15) is 17.4 Å². The first-order chi connectivity index (χ1) is 13.2. The van der Waals surface area contributed by atoms with Gasteiger partial charge in [-0.3, -0.25) is 14.3 Å². The molecular formula is C16H17N5O5S2. The number of nitrogens with zero attached hydrogens (tertiary/aromatic N) is 4. The molecule has 0 aliphatic heterocycles. The van der Waals surface area contributed by atoms with Crippen LogP contribution < -0.4 is 9.94 Å². The maximum atomic E-state index is 12.5. The van der Waals surface area contributed by atoms with E-state index in [-0.39, 0.29) is 28.5 Å². The average Bonchev–Trinajstić information content (AvgIpc) is 3.18. The smallest absolute Gasteiger partial charge is 0.326 e. The average molecular weight is 423 g/mol. The summed E-state index contributed by atoms with van der Waals surface area (Å²) >= 11 is 1.06. The van der Waals surface area contributed by atoms with Gasteiger partial charge in [0, 0.05) is 13.2 Å². The summed E-state index contributed by atoms with van der Waals surface area (Å²) in [6, 6.07) is 5.75. The minimum absolute atomic E-state index is 0.0750. The molecule has 0 aliphatic carbocycles. The Labute approximate surface area is 163 Å². The number of hydrogen-bond acceptors (Lipinski definition) is 7. The number of aryl methyl sites for hydroxylation is 1. The lowest BCUT2D eigenvalue weighted by Crippen LogP contribution is -2.23. The third-order valence-corrected chi connectivity index (χ3v) is 5.76. The first kappa shape index (κ1) is 19.9. The molecule has 0 atom stereocenters. The lowest BCUT2D eigenvalue weighted by molar-refractivity contribution is -0.143. The van der Waals surface area contributed by atoms with Crippen molar-refractivity contribution in [3.05, 3.63) is 41.0 Å². The van der Waals surface area contributed by atoms with E-state index in [2.05, 4.69) is 10.1 Å². The summed E-state index contributed by atoms with van der Waals surface area (Å²) in [6.07, 6.45) is 1.47. The number of carbonyl (C=O) groups is 2. The summed E-state index contributed by atoms with van der Waals surface area (Å²) in [6.45, 7) is 1.71. The Morgan fingerprint density at radius 2 is 2.07 bits per heavy atom. The van der Waals surface area contributed by atoms with Gasteiger partial charge in [0.05, 0.1) is 21.7 Å². The first-order valence-corrected chi connectivity index (χ1v) is 10.5. The van der Waals surface area contributed by atoms with Crippen molar-refractivity contribution < 1.29 is 22.7 Å². The number of carbonyl (C=O) groups excluding carboxylic acids is 2. The highest BCUT2D eigenvalue weighted by molar-refractivity contribution is 7.89. The van der Waals surface area contributed by atoms with Crippen LogP contribution in [-0.2, 0) is 33.1 Å². The van der Waals surface area contributed by atoms with Crippen LogP contribution in [0.5, 0.6) is 0 Å². The molecule has 0 saturated carbocycles. The van der Waals surface area contributed by atoms with Gasteiger partial charge in [-0.15, -0.1) is 0 Å². The Morgan fingerprint density at radius 1 is 1.32 bits per heavy atom. The molecular weight excluding hydrogens is 406 g/mol. The molecule has 10 nitrogen and oxygen atoms in total. The second kappa shape index (κ2) is 7.66. The van der Waals surface area contributed by atoms with Gasteiger partial charge in [-0.25, -0.2) is 13.6 Å². The lowest BCUT2D eigenvalue weighted by atomic mass is 10.3. The summed E-state index contributed by atoms with van der Waals surface area (Å²) in [5.74, 6) is -1.05. The topological polar surface area (TPSA) is 139 Å². The van der Waals surface area contributed by atoms with Gasteiger partial charge < -0.3 is 9.30 Å². The van der Waals surface area contributed by atoms with E-state index in [1.165, 1.54) is 39.7 Å². The van der Waals surface area contributed by atoms with Gasteiger partial charge in [0.25, 0.3) is 5.91 Å². The number of rotatable bonds is 5. The van der Waals surface area contributed by atoms with Crippen LogP contribution in [0.15, 0.2) is 40.4 Å². The normalized spacial score (nSPS) is 12.5. The van der Waals surface area contributed by atoms with Gasteiger partial charge >= 0.3 is 5.97 Å². The van der Waals surface area contributed by atoms with Gasteiger partial charge in [-0.2, -0.15) is 10.1 Å². The van der Waals surface area contributed by atoms with Crippen molar-refractivity contribution in [2.45, 2.75) is 18.4 Å². The Bertz CT molecular complexity index is 1240. The predicted octanol–water partition coefficient (Wildman–Crippen LogP) is 0.388. The Morgan fingerprint density at radius 3 is 2.68 bits per heavy atom. The van der Waals surface area contributed by atoms with E-state index in [4.69, 9.17) is 9.88 Å². The van der Waals surface area contributed by atoms with Crippen LogP contribution in [0, 0.1) is 0 Å². The van der Waals surface area contributed by atoms with Gasteiger partial charge in [0.1, 0.15) is 12.2 Å². The molecule has 0 unspecified atom stereocenters. The maximum absolute atomic E-state index is 12.5. The van der Waals surface area contributed by atoms with E-state index in [9.17, 15) is 18.0 Å². The molecule has 1 amide bonds. The lowest BCUT2D eigenvalue weighted by Gasteiger charge is -2.05. The van der Waals surface area contributed by atoms with E-state index in [1.807, 2.05) is 0 Å². The van der Waals surface area contributed by atoms with Crippen molar-refractivity contribution >= 4 is 43.5 Å². The molecule has 2 heterocycles. The van der Waals surface area contributed by atoms with Crippen molar-refractivity contribution in [1.82, 2.24) is 14.3 Å². The van der Waals surface area contributed by atoms with Crippen LogP contribution in [0.3, 0.4) is 0 Å². The highest BCUT2D eigenvalue weighted by Crippen LogP contribution is 2.21. The van der Waals surface area contributed by atoms with Crippen molar-refractivity contribution in [2.24, 2.45) is 17.2 Å². The quantitative estimate of drug-likeness (QED) is 0.589. The zero-order valence-electron chi connectivity index (χ0n) is 15.0. The number of sulfonamides is 1. The van der Waals surface area contributed by atoms with Crippen LogP contribution in [0.25, 0.3) is 10.2 Å². The summed E-state index contributed by atoms with van der Waals surface area (Å²) in [5, 5.41) is 9.12. The number of esters is 1. The van der Waals surface area contributed by atoms with Crippen LogP contribution in [0.4, 0.5) is 0 Å². The molecule has 0 fully saturated rings. The largest absolute Gasteiger partial charge is 0.465 e. The molecule has 2 aromatic heterocycles. The molecule has 0 radical (unpaired) electrons. The number of hydrogen-bond donors (Lipinski definition) is 1. The Balaban J connectivity index is 2.18. The maximum Gasteiger partial charge on any atom is 0.326 e. The van der Waals surface area contributed by atoms with Crippen molar-refractivity contribution in [2.75, 3.05) is 6.61 Å². The second-order valence-electron chi connectivity index (χ2n) is 5.71. The van der Waals surface area contributed by atoms with Crippen molar-refractivity contribution in [3.8, 4) is 0 Å². The van der Waals surface area contributed by atoms with Gasteiger partial charge in [0.2, 0.25) is 10.0 Å². The highest BCUT2D eigenvalue weighted by Gasteiger charge is 2.16. The van der Waals surface area contributed by atoms with Gasteiger partial charge in [-0.1, -0.05) is 11.3 Å². The van der Waals surface area contributed by atoms with Crippen molar-refractivity contribution in [3.63, 3.8) is 0 Å². The number of nitrogens with two attached hydrogens (primary N) is 1. The fourth-order valence-corrected chi connectivity index (χ4v) is 4.21. The molecule has 3 aromatic rings. The monoisotopic (exact) mass is 423 g/mol. The number of primary sulfonamides is 1. The molecule has 0 aliphatic rings. The SMILES string of the molecule is CCOC(=O)Cn1c(=NC(=O)c2ccnn2C)sc2cc(S(N)(=O)=O)ccc21. The number of amides is 1. The molecule has 0 spiro atoms. The molecule has 0 saturated heterocycles. The first-order valence-electron chi connectivity index (χ1n) is 8.09. The van der Waals surface area contributed by atoms with E-state index < -0.39 is 21.9 Å². The fraction of sp³-hybridized carbons (Fsp3) is 0.250. The van der Waals surface area contributed by atoms with Gasteiger partial charge in [-0.05, 0) is 31.2 Å². The highest BCUT2D eigenvalue weighted by atomic mass is 32.2. The molecule has 1 aromatic carbocycles. The standard InChI is InChI=1S/C16H17N5O5S2/c1-3-26-14(22)9-21-11-5-4-10(28(17,24)25)8-13(11)27-16(21)19-15(23)12-6-7-18-20(12)2/h4-8H,3,9H2,1-2H3,(H2,17,24,25). The number of thiazole rings is 1. The zero-order chi connectivity index (χ0) is 20.5. The van der Waals surface area contributed by atoms with Crippen LogP contribution >= 0.6 is 11.3 Å². The van der Waals surface area contributed by atoms with E-state index in [1.54, 1.807) is 14.0 Å². The van der Waals surface area contributed by atoms with Crippen LogP contribution in [0.2, 0.25) is 0 Å². The van der Waals surface area contributed by atoms with Crippen LogP contribution in [-0.4, -0.2) is 41.2 Å². The molecule has 12 heteroatoms. The summed E-state index contributed by atoms with van der Waals surface area (Å²) in [4.78, 5) is 28.7. The van der Waals surface area contributed by atoms with Crippen molar-refractivity contribution in [1.29, 1.82) is 0 Å². The number of ether oxygens (including phenoxy) is 1. The van der Waals surface area contributed by atoms with E-state index in [0.29, 0.717) is 10.2 Å². The molecule has 3 rings (SSSR count). The second-order valence-corrected chi connectivity index (χ2v) is 8.28. The zero-order valence-corrected chi connectivity index (χ0v) is 16.7. The number of aromatic nitrogens is 3. The Hall–Kier alpha value is -2.83. The summed E-state index contributed by atoms with van der Waals surface area (Å²) in [5.41, 5.74) is 0.798. The van der Waals surface area contributed by atoms with Gasteiger partial charge in [0.15, 0.2) is 4.80 Å². The molecule has 148 valence electrons. The fourth-order valence-electron chi connectivity index (χ4n) is 2.53. The van der Waals surface area contributed by atoms with E-state index in [0.717, 1.165) is 11.3 Å². The molecule has 28 heavy (non-hydrogen) atoms. The number of benzene rings is 1. The summed E-state index contributed by atoms with van der Waals surface area (Å²) < 4.78 is 31.6.